The summed E-state index contributed by atoms with van der Waals surface area (Å²) in [5, 5.41) is 0. The van der Waals surface area contributed by atoms with Gasteiger partial charge in [-0.2, -0.15) is 0 Å². The fourth-order valence-corrected chi connectivity index (χ4v) is 5.69. The van der Waals surface area contributed by atoms with Crippen LogP contribution in [-0.4, -0.2) is 16.5 Å². The number of nitrogens with one attached hydrogen (secondary N) is 1. The third kappa shape index (κ3) is 1.78. The first-order valence-electron chi connectivity index (χ1n) is 7.94. The minimum Gasteiger partial charge on any atom is -0.346 e. The zero-order chi connectivity index (χ0) is 13.0. The van der Waals surface area contributed by atoms with Gasteiger partial charge in [0, 0.05) is 17.5 Å². The van der Waals surface area contributed by atoms with E-state index in [0.717, 1.165) is 30.0 Å². The molecule has 0 amide bonds. The molecule has 3 heteroatoms. The smallest absolute Gasteiger partial charge is 0.107 e. The highest BCUT2D eigenvalue weighted by Crippen LogP contribution is 2.60. The Balaban J connectivity index is 1.71. The van der Waals surface area contributed by atoms with E-state index in [0.29, 0.717) is 12.0 Å². The van der Waals surface area contributed by atoms with E-state index in [1.807, 2.05) is 0 Å². The van der Waals surface area contributed by atoms with Crippen molar-refractivity contribution in [3.63, 3.8) is 0 Å². The van der Waals surface area contributed by atoms with Gasteiger partial charge in [0.2, 0.25) is 0 Å². The number of aromatic amines is 1. The number of nitrogens with two attached hydrogens (primary N) is 1. The maximum Gasteiger partial charge on any atom is 0.107 e. The fourth-order valence-electron chi connectivity index (χ4n) is 5.69. The topological polar surface area (TPSA) is 54.7 Å². The van der Waals surface area contributed by atoms with Crippen LogP contribution in [0.5, 0.6) is 0 Å². The van der Waals surface area contributed by atoms with E-state index in [1.165, 1.54) is 49.9 Å². The fraction of sp³-hybridized carbons (Fsp3) is 0.812. The summed E-state index contributed by atoms with van der Waals surface area (Å²) in [6.07, 6.45) is 9.56. The summed E-state index contributed by atoms with van der Waals surface area (Å²) < 4.78 is 0. The van der Waals surface area contributed by atoms with Crippen molar-refractivity contribution < 1.29 is 0 Å². The third-order valence-electron chi connectivity index (χ3n) is 5.86. The van der Waals surface area contributed by atoms with E-state index in [9.17, 15) is 0 Å². The Hall–Kier alpha value is -0.830. The van der Waals surface area contributed by atoms with Gasteiger partial charge in [0.15, 0.2) is 0 Å². The Morgan fingerprint density at radius 3 is 2.26 bits per heavy atom. The van der Waals surface area contributed by atoms with Gasteiger partial charge in [-0.05, 0) is 69.7 Å². The molecule has 0 spiro atoms. The molecular weight excluding hydrogens is 234 g/mol. The number of hydrogen-bond donors (Lipinski definition) is 2. The van der Waals surface area contributed by atoms with Crippen LogP contribution in [0, 0.1) is 24.7 Å². The standard InChI is InChI=1S/C16H25N3/c1-10-15(19-14(18-10)2-3-17)16-7-11-4-12(8-16)6-13(5-11)9-16/h11-13H,2-9,17H2,1H3,(H,18,19). The summed E-state index contributed by atoms with van der Waals surface area (Å²) >= 11 is 0. The molecule has 0 aromatic carbocycles. The van der Waals surface area contributed by atoms with Gasteiger partial charge in [-0.1, -0.05) is 0 Å². The molecule has 1 aromatic rings. The predicted octanol–water partition coefficient (Wildman–Crippen LogP) is 2.69. The first kappa shape index (κ1) is 12.0. The second kappa shape index (κ2) is 4.08. The number of imidazole rings is 1. The molecule has 3 nitrogen and oxygen atoms in total. The largest absolute Gasteiger partial charge is 0.346 e. The average molecular weight is 259 g/mol. The maximum atomic E-state index is 5.67. The molecule has 19 heavy (non-hydrogen) atoms. The zero-order valence-corrected chi connectivity index (χ0v) is 11.9. The molecule has 104 valence electrons. The van der Waals surface area contributed by atoms with Crippen molar-refractivity contribution in [2.75, 3.05) is 6.54 Å². The molecule has 0 atom stereocenters. The summed E-state index contributed by atoms with van der Waals surface area (Å²) in [4.78, 5) is 8.43. The molecule has 1 heterocycles. The van der Waals surface area contributed by atoms with Crippen LogP contribution in [0.1, 0.15) is 55.7 Å². The average Bonchev–Trinajstić information content (AvgIpc) is 2.70. The van der Waals surface area contributed by atoms with E-state index >= 15 is 0 Å². The van der Waals surface area contributed by atoms with Gasteiger partial charge < -0.3 is 10.7 Å². The van der Waals surface area contributed by atoms with Gasteiger partial charge in [0.25, 0.3) is 0 Å². The van der Waals surface area contributed by atoms with Crippen LogP contribution in [0.2, 0.25) is 0 Å². The van der Waals surface area contributed by atoms with Gasteiger partial charge in [-0.15, -0.1) is 0 Å². The summed E-state index contributed by atoms with van der Waals surface area (Å²) in [6.45, 7) is 2.90. The summed E-state index contributed by atoms with van der Waals surface area (Å²) in [5.74, 6) is 4.06. The lowest BCUT2D eigenvalue weighted by atomic mass is 9.48. The molecule has 5 rings (SSSR count). The van der Waals surface area contributed by atoms with Crippen molar-refractivity contribution in [1.82, 2.24) is 9.97 Å². The van der Waals surface area contributed by atoms with E-state index in [2.05, 4.69) is 11.9 Å². The lowest BCUT2D eigenvalue weighted by molar-refractivity contribution is -0.00735. The highest BCUT2D eigenvalue weighted by molar-refractivity contribution is 5.28. The monoisotopic (exact) mass is 259 g/mol. The Kier molecular flexibility index (Phi) is 2.57. The second-order valence-corrected chi connectivity index (χ2v) is 7.39. The summed E-state index contributed by atoms with van der Waals surface area (Å²) in [7, 11) is 0. The summed E-state index contributed by atoms with van der Waals surface area (Å²) in [6, 6.07) is 0. The molecule has 4 bridgehead atoms. The Morgan fingerprint density at radius 1 is 1.16 bits per heavy atom. The number of aryl methyl sites for hydroxylation is 1. The van der Waals surface area contributed by atoms with Crippen LogP contribution < -0.4 is 5.73 Å². The number of nitrogens with zero attached hydrogens (tertiary/aromatic N) is 1. The molecule has 0 unspecified atom stereocenters. The maximum absolute atomic E-state index is 5.67. The van der Waals surface area contributed by atoms with Gasteiger partial charge in [0.05, 0.1) is 5.69 Å². The highest BCUT2D eigenvalue weighted by Gasteiger charge is 2.53. The first-order valence-corrected chi connectivity index (χ1v) is 7.94. The number of aromatic nitrogens is 2. The van der Waals surface area contributed by atoms with E-state index in [1.54, 1.807) is 0 Å². The van der Waals surface area contributed by atoms with Gasteiger partial charge in [0.1, 0.15) is 5.82 Å². The number of H-pyrrole nitrogens is 1. The molecule has 4 saturated carbocycles. The van der Waals surface area contributed by atoms with Crippen LogP contribution in [0.4, 0.5) is 0 Å². The minimum atomic E-state index is 0.419. The van der Waals surface area contributed by atoms with E-state index in [4.69, 9.17) is 10.7 Å². The van der Waals surface area contributed by atoms with Gasteiger partial charge in [-0.3, -0.25) is 0 Å². The van der Waals surface area contributed by atoms with Crippen molar-refractivity contribution >= 4 is 0 Å². The van der Waals surface area contributed by atoms with Crippen molar-refractivity contribution in [3.05, 3.63) is 17.2 Å². The van der Waals surface area contributed by atoms with Gasteiger partial charge in [-0.25, -0.2) is 4.98 Å². The molecule has 0 radical (unpaired) electrons. The van der Waals surface area contributed by atoms with Crippen molar-refractivity contribution in [2.45, 2.75) is 57.3 Å². The quantitative estimate of drug-likeness (QED) is 0.877. The van der Waals surface area contributed by atoms with Crippen molar-refractivity contribution in [2.24, 2.45) is 23.5 Å². The Labute approximate surface area is 115 Å². The molecular formula is C16H25N3. The molecule has 0 saturated heterocycles. The number of hydrogen-bond acceptors (Lipinski definition) is 2. The molecule has 4 fully saturated rings. The first-order chi connectivity index (χ1) is 9.18. The third-order valence-corrected chi connectivity index (χ3v) is 5.86. The molecule has 4 aliphatic carbocycles. The van der Waals surface area contributed by atoms with Crippen LogP contribution in [0.25, 0.3) is 0 Å². The van der Waals surface area contributed by atoms with Crippen LogP contribution in [0.3, 0.4) is 0 Å². The molecule has 0 aliphatic heterocycles. The van der Waals surface area contributed by atoms with E-state index in [-0.39, 0.29) is 0 Å². The zero-order valence-electron chi connectivity index (χ0n) is 11.9. The lowest BCUT2D eigenvalue weighted by Gasteiger charge is -2.56. The SMILES string of the molecule is Cc1[nH]c(CCN)nc1C12CC3CC(CC(C3)C1)C2. The molecule has 3 N–H and O–H groups in total. The Bertz CT molecular complexity index is 453. The predicted molar refractivity (Wildman–Crippen MR) is 75.9 cm³/mol. The van der Waals surface area contributed by atoms with Crippen LogP contribution >= 0.6 is 0 Å². The molecule has 1 aromatic heterocycles. The lowest BCUT2D eigenvalue weighted by Crippen LogP contribution is -2.49. The van der Waals surface area contributed by atoms with Crippen molar-refractivity contribution in [1.29, 1.82) is 0 Å². The van der Waals surface area contributed by atoms with Crippen LogP contribution in [-0.2, 0) is 11.8 Å². The van der Waals surface area contributed by atoms with Crippen molar-refractivity contribution in [3.8, 4) is 0 Å². The summed E-state index contributed by atoms with van der Waals surface area (Å²) in [5.41, 5.74) is 8.79. The van der Waals surface area contributed by atoms with E-state index < -0.39 is 0 Å². The Morgan fingerprint density at radius 2 is 1.74 bits per heavy atom. The van der Waals surface area contributed by atoms with Crippen LogP contribution in [0.15, 0.2) is 0 Å². The van der Waals surface area contributed by atoms with Gasteiger partial charge >= 0.3 is 0 Å². The highest BCUT2D eigenvalue weighted by atomic mass is 15.0. The normalized spacial score (nSPS) is 40.0. The minimum absolute atomic E-state index is 0.419. The second-order valence-electron chi connectivity index (χ2n) is 7.39. The molecule has 4 aliphatic rings. The number of rotatable bonds is 3.